The number of urea groups is 1. The van der Waals surface area contributed by atoms with Crippen molar-refractivity contribution in [3.63, 3.8) is 0 Å². The Labute approximate surface area is 261 Å². The number of amides is 5. The highest BCUT2D eigenvalue weighted by molar-refractivity contribution is 9.10. The molecule has 1 aliphatic heterocycles. The van der Waals surface area contributed by atoms with Crippen molar-refractivity contribution in [3.8, 4) is 23.0 Å². The SMILES string of the molecule is CCCOc1ccc(N2C(=O)NC(=O)/C(=C\c3cc(Br)c(OCC(=O)Nc4ccc(F)cc4)c(OC)c3)C2=O)cc1OCC. The third-order valence-corrected chi connectivity index (χ3v) is 6.68. The van der Waals surface area contributed by atoms with Crippen LogP contribution in [0.25, 0.3) is 6.08 Å². The van der Waals surface area contributed by atoms with Crippen LogP contribution < -0.4 is 34.5 Å². The number of nitrogens with zero attached hydrogens (tertiary/aromatic N) is 1. The van der Waals surface area contributed by atoms with Gasteiger partial charge in [0.25, 0.3) is 17.7 Å². The Bertz CT molecular complexity index is 1610. The normalized spacial score (nSPS) is 13.9. The number of hydrogen-bond acceptors (Lipinski definition) is 8. The first-order valence-electron chi connectivity index (χ1n) is 13.5. The number of methoxy groups -OCH3 is 1. The van der Waals surface area contributed by atoms with Crippen LogP contribution in [0, 0.1) is 5.82 Å². The predicted molar refractivity (Wildman–Crippen MR) is 164 cm³/mol. The van der Waals surface area contributed by atoms with Crippen molar-refractivity contribution >= 4 is 57.1 Å². The number of carbonyl (C=O) groups excluding carboxylic acids is 4. The van der Waals surface area contributed by atoms with Gasteiger partial charge in [0.05, 0.1) is 30.5 Å². The lowest BCUT2D eigenvalue weighted by Gasteiger charge is -2.27. The Morgan fingerprint density at radius 1 is 0.977 bits per heavy atom. The highest BCUT2D eigenvalue weighted by Crippen LogP contribution is 2.38. The van der Waals surface area contributed by atoms with E-state index < -0.39 is 36.2 Å². The first-order valence-corrected chi connectivity index (χ1v) is 14.3. The van der Waals surface area contributed by atoms with E-state index in [-0.39, 0.29) is 22.8 Å². The Morgan fingerprint density at radius 3 is 2.41 bits per heavy atom. The van der Waals surface area contributed by atoms with E-state index in [1.165, 1.54) is 55.7 Å². The van der Waals surface area contributed by atoms with Gasteiger partial charge >= 0.3 is 6.03 Å². The average molecular weight is 670 g/mol. The molecule has 0 radical (unpaired) electrons. The van der Waals surface area contributed by atoms with Gasteiger partial charge in [-0.3, -0.25) is 19.7 Å². The number of ether oxygens (including phenoxy) is 4. The van der Waals surface area contributed by atoms with E-state index in [1.54, 1.807) is 19.1 Å². The van der Waals surface area contributed by atoms with E-state index in [4.69, 9.17) is 18.9 Å². The summed E-state index contributed by atoms with van der Waals surface area (Å²) >= 11 is 3.38. The Balaban J connectivity index is 1.57. The molecule has 0 aliphatic carbocycles. The molecule has 3 aromatic rings. The van der Waals surface area contributed by atoms with Crippen LogP contribution in [0.3, 0.4) is 0 Å². The molecule has 0 aromatic heterocycles. The van der Waals surface area contributed by atoms with Crippen LogP contribution in [-0.4, -0.2) is 50.7 Å². The summed E-state index contributed by atoms with van der Waals surface area (Å²) in [5.41, 5.74) is 0.628. The van der Waals surface area contributed by atoms with Gasteiger partial charge in [-0.1, -0.05) is 6.92 Å². The maximum absolute atomic E-state index is 13.5. The van der Waals surface area contributed by atoms with Crippen molar-refractivity contribution in [2.24, 2.45) is 0 Å². The lowest BCUT2D eigenvalue weighted by molar-refractivity contribution is -0.122. The first kappa shape index (κ1) is 32.0. The highest BCUT2D eigenvalue weighted by atomic mass is 79.9. The molecular weight excluding hydrogens is 641 g/mol. The minimum Gasteiger partial charge on any atom is -0.493 e. The summed E-state index contributed by atoms with van der Waals surface area (Å²) in [4.78, 5) is 52.2. The van der Waals surface area contributed by atoms with Crippen molar-refractivity contribution in [3.05, 3.63) is 76.0 Å². The largest absolute Gasteiger partial charge is 0.493 e. The summed E-state index contributed by atoms with van der Waals surface area (Å²) < 4.78 is 35.9. The third kappa shape index (κ3) is 7.53. The number of barbiturate groups is 1. The minimum atomic E-state index is -0.914. The van der Waals surface area contributed by atoms with Crippen LogP contribution in [0.5, 0.6) is 23.0 Å². The second-order valence-electron chi connectivity index (χ2n) is 9.25. The molecule has 1 heterocycles. The van der Waals surface area contributed by atoms with Gasteiger partial charge in [0.15, 0.2) is 29.6 Å². The molecule has 0 unspecified atom stereocenters. The van der Waals surface area contributed by atoms with Crippen LogP contribution in [0.1, 0.15) is 25.8 Å². The maximum Gasteiger partial charge on any atom is 0.335 e. The van der Waals surface area contributed by atoms with Gasteiger partial charge in [0, 0.05) is 11.8 Å². The summed E-state index contributed by atoms with van der Waals surface area (Å²) in [6.07, 6.45) is 2.08. The van der Waals surface area contributed by atoms with Crippen molar-refractivity contribution in [2.45, 2.75) is 20.3 Å². The summed E-state index contributed by atoms with van der Waals surface area (Å²) in [5.74, 6) is -1.47. The predicted octanol–water partition coefficient (Wildman–Crippen LogP) is 5.47. The van der Waals surface area contributed by atoms with Gasteiger partial charge in [-0.25, -0.2) is 14.1 Å². The molecular formula is C31H29BrFN3O8. The smallest absolute Gasteiger partial charge is 0.335 e. The van der Waals surface area contributed by atoms with E-state index in [1.807, 2.05) is 6.92 Å². The maximum atomic E-state index is 13.5. The zero-order valence-corrected chi connectivity index (χ0v) is 25.7. The van der Waals surface area contributed by atoms with E-state index >= 15 is 0 Å². The molecule has 4 rings (SSSR count). The number of imide groups is 2. The van der Waals surface area contributed by atoms with Crippen LogP contribution in [0.4, 0.5) is 20.6 Å². The fraction of sp³-hybridized carbons (Fsp3) is 0.226. The topological polar surface area (TPSA) is 132 Å². The molecule has 230 valence electrons. The van der Waals surface area contributed by atoms with Crippen molar-refractivity contribution in [1.82, 2.24) is 5.32 Å². The molecule has 0 atom stereocenters. The Morgan fingerprint density at radius 2 is 1.73 bits per heavy atom. The quantitative estimate of drug-likeness (QED) is 0.192. The van der Waals surface area contributed by atoms with Crippen LogP contribution in [-0.2, 0) is 14.4 Å². The summed E-state index contributed by atoms with van der Waals surface area (Å²) in [6.45, 7) is 4.14. The van der Waals surface area contributed by atoms with Gasteiger partial charge < -0.3 is 24.3 Å². The number of carbonyl (C=O) groups is 4. The number of benzene rings is 3. The first-order chi connectivity index (χ1) is 21.1. The molecule has 0 bridgehead atoms. The lowest BCUT2D eigenvalue weighted by atomic mass is 10.1. The number of nitrogens with one attached hydrogen (secondary N) is 2. The molecule has 1 saturated heterocycles. The standard InChI is InChI=1S/C31H29BrFN3O8/c1-4-12-43-24-11-10-21(16-25(24)42-5-2)36-30(39)22(29(38)35-31(36)40)13-18-14-23(32)28(26(15-18)41-3)44-17-27(37)34-20-8-6-19(33)7-9-20/h6-11,13-16H,4-5,12,17H2,1-3H3,(H,34,37)(H,35,38,40)/b22-13+. The molecule has 0 saturated carbocycles. The van der Waals surface area contributed by atoms with Crippen molar-refractivity contribution in [2.75, 3.05) is 37.1 Å². The molecule has 1 fully saturated rings. The van der Waals surface area contributed by atoms with Gasteiger partial charge in [-0.15, -0.1) is 0 Å². The number of rotatable bonds is 12. The second-order valence-corrected chi connectivity index (χ2v) is 10.1. The molecule has 1 aliphatic rings. The summed E-state index contributed by atoms with van der Waals surface area (Å²) in [5, 5.41) is 4.78. The molecule has 44 heavy (non-hydrogen) atoms. The van der Waals surface area contributed by atoms with Crippen LogP contribution in [0.15, 0.2) is 64.6 Å². The molecule has 3 aromatic carbocycles. The zero-order valence-electron chi connectivity index (χ0n) is 24.1. The van der Waals surface area contributed by atoms with E-state index in [0.29, 0.717) is 40.4 Å². The molecule has 5 amide bonds. The minimum absolute atomic E-state index is 0.180. The zero-order chi connectivity index (χ0) is 31.8. The lowest BCUT2D eigenvalue weighted by Crippen LogP contribution is -2.54. The van der Waals surface area contributed by atoms with Crippen LogP contribution >= 0.6 is 15.9 Å². The summed E-state index contributed by atoms with van der Waals surface area (Å²) in [7, 11) is 1.38. The molecule has 2 N–H and O–H groups in total. The molecule has 11 nitrogen and oxygen atoms in total. The van der Waals surface area contributed by atoms with Gasteiger partial charge in [-0.2, -0.15) is 0 Å². The average Bonchev–Trinajstić information content (AvgIpc) is 2.99. The number of anilines is 2. The highest BCUT2D eigenvalue weighted by Gasteiger charge is 2.37. The van der Waals surface area contributed by atoms with Crippen LogP contribution in [0.2, 0.25) is 0 Å². The van der Waals surface area contributed by atoms with Gasteiger partial charge in [-0.05, 0) is 89.4 Å². The molecule has 0 spiro atoms. The Hall–Kier alpha value is -4.91. The fourth-order valence-corrected chi connectivity index (χ4v) is 4.70. The van der Waals surface area contributed by atoms with Gasteiger partial charge in [0.1, 0.15) is 11.4 Å². The summed E-state index contributed by atoms with van der Waals surface area (Å²) in [6, 6.07) is 12.0. The second kappa shape index (κ2) is 14.5. The van der Waals surface area contributed by atoms with E-state index in [9.17, 15) is 23.6 Å². The van der Waals surface area contributed by atoms with Crippen molar-refractivity contribution < 1.29 is 42.5 Å². The van der Waals surface area contributed by atoms with E-state index in [2.05, 4.69) is 26.6 Å². The fourth-order valence-electron chi connectivity index (χ4n) is 4.13. The van der Waals surface area contributed by atoms with Crippen molar-refractivity contribution in [1.29, 1.82) is 0 Å². The number of halogens is 2. The molecule has 13 heteroatoms. The van der Waals surface area contributed by atoms with E-state index in [0.717, 1.165) is 11.3 Å². The third-order valence-electron chi connectivity index (χ3n) is 6.09. The monoisotopic (exact) mass is 669 g/mol. The van der Waals surface area contributed by atoms with Gasteiger partial charge in [0.2, 0.25) is 0 Å². The number of hydrogen-bond donors (Lipinski definition) is 2. The Kier molecular flexibility index (Phi) is 10.6.